The standard InChI is InChI=1S/C18H24N2OS/c1-13(2)17(15-8-5-4-6-9-15)20-14(3)18(21)19-12-16-10-7-11-22-16/h4-11,13-14,17,20H,12H2,1-3H3,(H,19,21). The van der Waals surface area contributed by atoms with Gasteiger partial charge in [-0.05, 0) is 29.9 Å². The second kappa shape index (κ2) is 8.11. The third-order valence-electron chi connectivity index (χ3n) is 3.67. The van der Waals surface area contributed by atoms with Crippen molar-refractivity contribution in [2.45, 2.75) is 39.4 Å². The van der Waals surface area contributed by atoms with Crippen molar-refractivity contribution in [3.05, 3.63) is 58.3 Å². The molecule has 22 heavy (non-hydrogen) atoms. The van der Waals surface area contributed by atoms with Crippen molar-refractivity contribution in [1.82, 2.24) is 10.6 Å². The fourth-order valence-electron chi connectivity index (χ4n) is 2.42. The quantitative estimate of drug-likeness (QED) is 0.817. The largest absolute Gasteiger partial charge is 0.350 e. The first-order valence-corrected chi connectivity index (χ1v) is 8.57. The molecule has 0 saturated carbocycles. The lowest BCUT2D eigenvalue weighted by atomic mass is 9.95. The number of carbonyl (C=O) groups is 1. The van der Waals surface area contributed by atoms with Gasteiger partial charge in [0.1, 0.15) is 0 Å². The Bertz CT molecular complexity index is 566. The van der Waals surface area contributed by atoms with Crippen LogP contribution in [0.15, 0.2) is 47.8 Å². The molecule has 1 heterocycles. The van der Waals surface area contributed by atoms with Crippen LogP contribution in [0.2, 0.25) is 0 Å². The van der Waals surface area contributed by atoms with E-state index >= 15 is 0 Å². The van der Waals surface area contributed by atoms with Crippen LogP contribution >= 0.6 is 11.3 Å². The lowest BCUT2D eigenvalue weighted by Gasteiger charge is -2.26. The van der Waals surface area contributed by atoms with Gasteiger partial charge in [0.2, 0.25) is 5.91 Å². The van der Waals surface area contributed by atoms with E-state index in [0.29, 0.717) is 12.5 Å². The molecule has 0 aliphatic heterocycles. The number of amides is 1. The number of benzene rings is 1. The van der Waals surface area contributed by atoms with E-state index in [2.05, 4.69) is 36.6 Å². The van der Waals surface area contributed by atoms with E-state index in [1.165, 1.54) is 10.4 Å². The second-order valence-corrected chi connectivity index (χ2v) is 6.85. The maximum Gasteiger partial charge on any atom is 0.237 e. The predicted molar refractivity (Wildman–Crippen MR) is 92.8 cm³/mol. The van der Waals surface area contributed by atoms with Crippen molar-refractivity contribution >= 4 is 17.2 Å². The Morgan fingerprint density at radius 3 is 2.41 bits per heavy atom. The fourth-order valence-corrected chi connectivity index (χ4v) is 3.06. The van der Waals surface area contributed by atoms with Crippen LogP contribution in [-0.2, 0) is 11.3 Å². The number of thiophene rings is 1. The molecular formula is C18H24N2OS. The molecule has 0 bridgehead atoms. The van der Waals surface area contributed by atoms with Crippen molar-refractivity contribution in [3.63, 3.8) is 0 Å². The minimum absolute atomic E-state index is 0.0370. The Balaban J connectivity index is 1.93. The Morgan fingerprint density at radius 1 is 1.09 bits per heavy atom. The van der Waals surface area contributed by atoms with Gasteiger partial charge in [0.25, 0.3) is 0 Å². The molecule has 1 amide bonds. The Kier molecular flexibility index (Phi) is 6.16. The molecule has 4 heteroatoms. The van der Waals surface area contributed by atoms with E-state index < -0.39 is 0 Å². The van der Waals surface area contributed by atoms with Gasteiger partial charge >= 0.3 is 0 Å². The molecule has 0 saturated heterocycles. The average molecular weight is 316 g/mol. The number of nitrogens with one attached hydrogen (secondary N) is 2. The van der Waals surface area contributed by atoms with Crippen molar-refractivity contribution < 1.29 is 4.79 Å². The van der Waals surface area contributed by atoms with Gasteiger partial charge in [0.15, 0.2) is 0 Å². The zero-order valence-corrected chi connectivity index (χ0v) is 14.2. The predicted octanol–water partition coefficient (Wildman–Crippen LogP) is 3.74. The molecule has 3 nitrogen and oxygen atoms in total. The first kappa shape index (κ1) is 16.7. The van der Waals surface area contributed by atoms with E-state index in [4.69, 9.17) is 0 Å². The number of carbonyl (C=O) groups excluding carboxylic acids is 1. The first-order valence-electron chi connectivity index (χ1n) is 7.69. The summed E-state index contributed by atoms with van der Waals surface area (Å²) in [6, 6.07) is 14.3. The minimum atomic E-state index is -0.229. The summed E-state index contributed by atoms with van der Waals surface area (Å²) in [5, 5.41) is 8.46. The molecule has 0 radical (unpaired) electrons. The molecule has 2 N–H and O–H groups in total. The molecule has 2 aromatic rings. The Hall–Kier alpha value is -1.65. The van der Waals surface area contributed by atoms with Gasteiger partial charge in [0, 0.05) is 10.9 Å². The molecule has 2 rings (SSSR count). The van der Waals surface area contributed by atoms with Crippen LogP contribution in [0.1, 0.15) is 37.3 Å². The monoisotopic (exact) mass is 316 g/mol. The van der Waals surface area contributed by atoms with E-state index in [1.807, 2.05) is 42.6 Å². The average Bonchev–Trinajstić information content (AvgIpc) is 3.04. The molecule has 1 aromatic heterocycles. The summed E-state index contributed by atoms with van der Waals surface area (Å²) >= 11 is 1.66. The highest BCUT2D eigenvalue weighted by Gasteiger charge is 2.21. The summed E-state index contributed by atoms with van der Waals surface area (Å²) in [6.07, 6.45) is 0. The van der Waals surface area contributed by atoms with Crippen molar-refractivity contribution in [3.8, 4) is 0 Å². The van der Waals surface area contributed by atoms with Gasteiger partial charge in [-0.2, -0.15) is 0 Å². The summed E-state index contributed by atoms with van der Waals surface area (Å²) in [6.45, 7) is 6.85. The zero-order chi connectivity index (χ0) is 15.9. The maximum atomic E-state index is 12.3. The summed E-state index contributed by atoms with van der Waals surface area (Å²) in [5.41, 5.74) is 1.22. The van der Waals surface area contributed by atoms with E-state index in [0.717, 1.165) is 0 Å². The van der Waals surface area contributed by atoms with Crippen LogP contribution in [0.25, 0.3) is 0 Å². The van der Waals surface area contributed by atoms with Crippen molar-refractivity contribution in [2.75, 3.05) is 0 Å². The van der Waals surface area contributed by atoms with Gasteiger partial charge < -0.3 is 5.32 Å². The van der Waals surface area contributed by atoms with Crippen LogP contribution in [0, 0.1) is 5.92 Å². The smallest absolute Gasteiger partial charge is 0.237 e. The zero-order valence-electron chi connectivity index (χ0n) is 13.4. The van der Waals surface area contributed by atoms with E-state index in [-0.39, 0.29) is 18.0 Å². The molecule has 118 valence electrons. The SMILES string of the molecule is CC(NC(c1ccccc1)C(C)C)C(=O)NCc1cccs1. The first-order chi connectivity index (χ1) is 10.6. The normalized spacial score (nSPS) is 13.8. The summed E-state index contributed by atoms with van der Waals surface area (Å²) in [4.78, 5) is 13.4. The van der Waals surface area contributed by atoms with Crippen LogP contribution in [0.4, 0.5) is 0 Å². The molecule has 0 fully saturated rings. The lowest BCUT2D eigenvalue weighted by molar-refractivity contribution is -0.123. The third kappa shape index (κ3) is 4.68. The Labute approximate surface area is 136 Å². The van der Waals surface area contributed by atoms with Crippen molar-refractivity contribution in [2.24, 2.45) is 5.92 Å². The van der Waals surface area contributed by atoms with Gasteiger partial charge in [-0.25, -0.2) is 0 Å². The molecule has 0 aliphatic rings. The van der Waals surface area contributed by atoms with Crippen LogP contribution in [0.3, 0.4) is 0 Å². The van der Waals surface area contributed by atoms with Crippen LogP contribution in [0.5, 0.6) is 0 Å². The molecule has 0 spiro atoms. The van der Waals surface area contributed by atoms with Crippen LogP contribution in [-0.4, -0.2) is 11.9 Å². The number of hydrogen-bond acceptors (Lipinski definition) is 3. The van der Waals surface area contributed by atoms with Crippen LogP contribution < -0.4 is 10.6 Å². The fraction of sp³-hybridized carbons (Fsp3) is 0.389. The summed E-state index contributed by atoms with van der Waals surface area (Å²) in [7, 11) is 0. The highest BCUT2D eigenvalue weighted by atomic mass is 32.1. The topological polar surface area (TPSA) is 41.1 Å². The minimum Gasteiger partial charge on any atom is -0.350 e. The van der Waals surface area contributed by atoms with Gasteiger partial charge in [-0.3, -0.25) is 10.1 Å². The van der Waals surface area contributed by atoms with Crippen molar-refractivity contribution in [1.29, 1.82) is 0 Å². The number of rotatable bonds is 7. The molecular weight excluding hydrogens is 292 g/mol. The number of hydrogen-bond donors (Lipinski definition) is 2. The highest BCUT2D eigenvalue weighted by molar-refractivity contribution is 7.09. The molecule has 2 unspecified atom stereocenters. The van der Waals surface area contributed by atoms with Gasteiger partial charge in [0.05, 0.1) is 12.6 Å². The highest BCUT2D eigenvalue weighted by Crippen LogP contribution is 2.21. The van der Waals surface area contributed by atoms with Gasteiger partial charge in [-0.15, -0.1) is 11.3 Å². The molecule has 0 aliphatic carbocycles. The summed E-state index contributed by atoms with van der Waals surface area (Å²) < 4.78 is 0. The van der Waals surface area contributed by atoms with E-state index in [9.17, 15) is 4.79 Å². The molecule has 1 aromatic carbocycles. The second-order valence-electron chi connectivity index (χ2n) is 5.82. The van der Waals surface area contributed by atoms with Gasteiger partial charge in [-0.1, -0.05) is 50.2 Å². The lowest BCUT2D eigenvalue weighted by Crippen LogP contribution is -2.44. The van der Waals surface area contributed by atoms with E-state index in [1.54, 1.807) is 11.3 Å². The molecule has 2 atom stereocenters. The summed E-state index contributed by atoms with van der Waals surface area (Å²) in [5.74, 6) is 0.449. The maximum absolute atomic E-state index is 12.3. The Morgan fingerprint density at radius 2 is 1.82 bits per heavy atom. The third-order valence-corrected chi connectivity index (χ3v) is 4.54.